The number of rotatable bonds is 7. The lowest BCUT2D eigenvalue weighted by atomic mass is 10.3. The summed E-state index contributed by atoms with van der Waals surface area (Å²) in [4.78, 5) is 5.39. The average Bonchev–Trinajstić information content (AvgIpc) is 3.10. The van der Waals surface area contributed by atoms with Gasteiger partial charge in [-0.25, -0.2) is 8.42 Å². The fraction of sp³-hybridized carbons (Fsp3) is 0.643. The highest BCUT2D eigenvalue weighted by molar-refractivity contribution is 7.91. The topological polar surface area (TPSA) is 73.8 Å². The highest BCUT2D eigenvalue weighted by atomic mass is 32.2. The van der Waals surface area contributed by atoms with E-state index in [1.807, 2.05) is 19.9 Å². The molecule has 1 aliphatic rings. The van der Waals surface area contributed by atoms with Crippen LogP contribution in [0.1, 0.15) is 25.6 Å². The van der Waals surface area contributed by atoms with Crippen LogP contribution in [0.15, 0.2) is 21.3 Å². The molecule has 8 heteroatoms. The molecule has 2 heterocycles. The van der Waals surface area contributed by atoms with E-state index < -0.39 is 10.0 Å². The molecule has 1 atom stereocenters. The standard InChI is InChI=1S/C14H24N4O2S2/c1-4-18(5-2)22(19,20)13-7-6-12(21-13)8-9-15-14-16-10-11(3)17-14/h6-7,11H,4-5,8-10H2,1-3H3,(H2,15,16,17). The maximum Gasteiger partial charge on any atom is 0.252 e. The molecule has 124 valence electrons. The Bertz CT molecular complexity index is 621. The number of guanidine groups is 1. The van der Waals surface area contributed by atoms with E-state index in [2.05, 4.69) is 22.5 Å². The third-order valence-electron chi connectivity index (χ3n) is 3.51. The Hall–Kier alpha value is -1.12. The average molecular weight is 345 g/mol. The van der Waals surface area contributed by atoms with Crippen molar-refractivity contribution >= 4 is 27.3 Å². The largest absolute Gasteiger partial charge is 0.356 e. The smallest absolute Gasteiger partial charge is 0.252 e. The van der Waals surface area contributed by atoms with Gasteiger partial charge >= 0.3 is 0 Å². The van der Waals surface area contributed by atoms with Crippen molar-refractivity contribution in [1.29, 1.82) is 0 Å². The Morgan fingerprint density at radius 2 is 2.14 bits per heavy atom. The quantitative estimate of drug-likeness (QED) is 0.781. The van der Waals surface area contributed by atoms with Gasteiger partial charge in [0.1, 0.15) is 4.21 Å². The third-order valence-corrected chi connectivity index (χ3v) is 7.17. The third kappa shape index (κ3) is 3.99. The molecule has 0 spiro atoms. The Morgan fingerprint density at radius 3 is 2.73 bits per heavy atom. The minimum absolute atomic E-state index is 0.384. The van der Waals surface area contributed by atoms with Crippen LogP contribution in [0.25, 0.3) is 0 Å². The van der Waals surface area contributed by atoms with Crippen molar-refractivity contribution in [2.24, 2.45) is 4.99 Å². The Balaban J connectivity index is 1.91. The van der Waals surface area contributed by atoms with Crippen LogP contribution in [0.3, 0.4) is 0 Å². The SMILES string of the molecule is CCN(CC)S(=O)(=O)c1ccc(CCNC2=NCC(C)N2)s1. The van der Waals surface area contributed by atoms with E-state index >= 15 is 0 Å². The number of sulfonamides is 1. The van der Waals surface area contributed by atoms with Crippen LogP contribution in [-0.2, 0) is 16.4 Å². The molecule has 0 aliphatic carbocycles. The van der Waals surface area contributed by atoms with Gasteiger partial charge in [0.15, 0.2) is 5.96 Å². The molecule has 0 fully saturated rings. The van der Waals surface area contributed by atoms with Gasteiger partial charge < -0.3 is 10.6 Å². The Labute approximate surface area is 136 Å². The number of hydrogen-bond donors (Lipinski definition) is 2. The molecular weight excluding hydrogens is 320 g/mol. The van der Waals surface area contributed by atoms with Gasteiger partial charge in [-0.1, -0.05) is 13.8 Å². The van der Waals surface area contributed by atoms with Gasteiger partial charge in [-0.05, 0) is 25.5 Å². The van der Waals surface area contributed by atoms with Crippen molar-refractivity contribution in [3.05, 3.63) is 17.0 Å². The molecule has 2 rings (SSSR count). The first kappa shape index (κ1) is 17.2. The fourth-order valence-corrected chi connectivity index (χ4v) is 5.25. The zero-order valence-corrected chi connectivity index (χ0v) is 14.9. The van der Waals surface area contributed by atoms with Crippen molar-refractivity contribution < 1.29 is 8.42 Å². The molecule has 22 heavy (non-hydrogen) atoms. The predicted octanol–water partition coefficient (Wildman–Crippen LogP) is 1.26. The molecule has 2 N–H and O–H groups in total. The van der Waals surface area contributed by atoms with Gasteiger partial charge in [0, 0.05) is 30.6 Å². The summed E-state index contributed by atoms with van der Waals surface area (Å²) in [6, 6.07) is 3.99. The minimum atomic E-state index is -3.33. The summed E-state index contributed by atoms with van der Waals surface area (Å²) in [6.45, 7) is 8.33. The number of nitrogens with one attached hydrogen (secondary N) is 2. The van der Waals surface area contributed by atoms with Crippen molar-refractivity contribution in [1.82, 2.24) is 14.9 Å². The van der Waals surface area contributed by atoms with Gasteiger partial charge in [-0.15, -0.1) is 11.3 Å². The monoisotopic (exact) mass is 344 g/mol. The second-order valence-electron chi connectivity index (χ2n) is 5.22. The lowest BCUT2D eigenvalue weighted by molar-refractivity contribution is 0.447. The lowest BCUT2D eigenvalue weighted by Crippen LogP contribution is -2.38. The molecule has 0 radical (unpaired) electrons. The summed E-state index contributed by atoms with van der Waals surface area (Å²) in [5.41, 5.74) is 0. The highest BCUT2D eigenvalue weighted by Crippen LogP contribution is 2.25. The molecular formula is C14H24N4O2S2. The van der Waals surface area contributed by atoms with Crippen LogP contribution in [0, 0.1) is 0 Å². The van der Waals surface area contributed by atoms with E-state index in [4.69, 9.17) is 0 Å². The molecule has 1 unspecified atom stereocenters. The first-order valence-electron chi connectivity index (χ1n) is 7.61. The van der Waals surface area contributed by atoms with Crippen molar-refractivity contribution in [3.63, 3.8) is 0 Å². The van der Waals surface area contributed by atoms with Crippen LogP contribution in [0.5, 0.6) is 0 Å². The summed E-state index contributed by atoms with van der Waals surface area (Å²) < 4.78 is 26.7. The van der Waals surface area contributed by atoms with Crippen molar-refractivity contribution in [2.45, 2.75) is 37.4 Å². The van der Waals surface area contributed by atoms with Gasteiger partial charge in [-0.2, -0.15) is 4.31 Å². The summed E-state index contributed by atoms with van der Waals surface area (Å²) in [6.07, 6.45) is 0.785. The van der Waals surface area contributed by atoms with E-state index in [-0.39, 0.29) is 0 Å². The molecule has 6 nitrogen and oxygen atoms in total. The zero-order chi connectivity index (χ0) is 16.2. The van der Waals surface area contributed by atoms with Gasteiger partial charge in [0.25, 0.3) is 10.0 Å². The molecule has 0 saturated carbocycles. The summed E-state index contributed by atoms with van der Waals surface area (Å²) in [7, 11) is -3.33. The maximum absolute atomic E-state index is 12.4. The van der Waals surface area contributed by atoms with E-state index in [0.717, 1.165) is 30.3 Å². The van der Waals surface area contributed by atoms with E-state index in [1.165, 1.54) is 15.6 Å². The molecule has 0 amide bonds. The molecule has 0 aromatic carbocycles. The summed E-state index contributed by atoms with van der Waals surface area (Å²) in [5.74, 6) is 0.833. The molecule has 0 saturated heterocycles. The second-order valence-corrected chi connectivity index (χ2v) is 8.55. The fourth-order valence-electron chi connectivity index (χ4n) is 2.29. The summed E-state index contributed by atoms with van der Waals surface area (Å²) in [5, 5.41) is 6.48. The van der Waals surface area contributed by atoms with E-state index in [1.54, 1.807) is 6.07 Å². The number of hydrogen-bond acceptors (Lipinski definition) is 6. The van der Waals surface area contributed by atoms with Gasteiger partial charge in [0.05, 0.1) is 6.54 Å². The molecule has 1 aliphatic heterocycles. The first-order valence-corrected chi connectivity index (χ1v) is 9.86. The first-order chi connectivity index (χ1) is 10.5. The molecule has 1 aromatic heterocycles. The van der Waals surface area contributed by atoms with Crippen LogP contribution < -0.4 is 10.6 Å². The van der Waals surface area contributed by atoms with E-state index in [9.17, 15) is 8.42 Å². The molecule has 0 bridgehead atoms. The molecule has 1 aromatic rings. The second kappa shape index (κ2) is 7.43. The Kier molecular flexibility index (Phi) is 5.82. The van der Waals surface area contributed by atoms with E-state index in [0.29, 0.717) is 23.3 Å². The van der Waals surface area contributed by atoms with Crippen LogP contribution >= 0.6 is 11.3 Å². The van der Waals surface area contributed by atoms with Crippen LogP contribution in [0.2, 0.25) is 0 Å². The van der Waals surface area contributed by atoms with Gasteiger partial charge in [0.2, 0.25) is 0 Å². The van der Waals surface area contributed by atoms with Crippen molar-refractivity contribution in [2.75, 3.05) is 26.2 Å². The Morgan fingerprint density at radius 1 is 1.41 bits per heavy atom. The lowest BCUT2D eigenvalue weighted by Gasteiger charge is -2.16. The van der Waals surface area contributed by atoms with Crippen LogP contribution in [-0.4, -0.2) is 50.9 Å². The zero-order valence-electron chi connectivity index (χ0n) is 13.3. The van der Waals surface area contributed by atoms with Crippen molar-refractivity contribution in [3.8, 4) is 0 Å². The number of thiophene rings is 1. The summed E-state index contributed by atoms with van der Waals surface area (Å²) >= 11 is 1.35. The highest BCUT2D eigenvalue weighted by Gasteiger charge is 2.23. The maximum atomic E-state index is 12.4. The normalized spacial score (nSPS) is 18.4. The van der Waals surface area contributed by atoms with Crippen LogP contribution in [0.4, 0.5) is 0 Å². The predicted molar refractivity (Wildman–Crippen MR) is 91.0 cm³/mol. The minimum Gasteiger partial charge on any atom is -0.356 e. The number of nitrogens with zero attached hydrogens (tertiary/aromatic N) is 2. The number of aliphatic imine (C=N–C) groups is 1. The van der Waals surface area contributed by atoms with Gasteiger partial charge in [-0.3, -0.25) is 4.99 Å².